The number of sulfonamides is 1. The molecule has 1 atom stereocenters. The van der Waals surface area contributed by atoms with E-state index in [0.717, 1.165) is 21.0 Å². The lowest BCUT2D eigenvalue weighted by atomic mass is 9.97. The van der Waals surface area contributed by atoms with Gasteiger partial charge in [-0.25, -0.2) is 8.42 Å². The average molecular weight is 529 g/mol. The van der Waals surface area contributed by atoms with E-state index < -0.39 is 28.5 Å². The Morgan fingerprint density at radius 2 is 1.47 bits per heavy atom. The first-order valence-electron chi connectivity index (χ1n) is 12.3. The zero-order chi connectivity index (χ0) is 26.5. The monoisotopic (exact) mass is 528 g/mol. The number of hydrogen-bond donors (Lipinski definition) is 1. The van der Waals surface area contributed by atoms with Gasteiger partial charge >= 0.3 is 0 Å². The van der Waals surface area contributed by atoms with Crippen LogP contribution in [0, 0.1) is 6.92 Å². The van der Waals surface area contributed by atoms with Gasteiger partial charge in [-0.05, 0) is 42.3 Å². The second-order valence-electron chi connectivity index (χ2n) is 8.98. The molecule has 5 rings (SSSR count). The van der Waals surface area contributed by atoms with Crippen LogP contribution in [0.1, 0.15) is 22.7 Å². The number of benzene rings is 4. The zero-order valence-corrected chi connectivity index (χ0v) is 21.7. The Bertz CT molecular complexity index is 1530. The highest BCUT2D eigenvalue weighted by Crippen LogP contribution is 2.36. The van der Waals surface area contributed by atoms with Crippen LogP contribution in [0.15, 0.2) is 108 Å². The van der Waals surface area contributed by atoms with Crippen LogP contribution in [0.2, 0.25) is 0 Å². The average Bonchev–Trinajstić information content (AvgIpc) is 2.95. The van der Waals surface area contributed by atoms with Gasteiger partial charge in [0.05, 0.1) is 16.6 Å². The summed E-state index contributed by atoms with van der Waals surface area (Å²) in [5.74, 6) is 0.518. The van der Waals surface area contributed by atoms with Crippen LogP contribution < -0.4 is 19.1 Å². The summed E-state index contributed by atoms with van der Waals surface area (Å²) >= 11 is 0. The molecular weight excluding hydrogens is 500 g/mol. The third-order valence-electron chi connectivity index (χ3n) is 6.25. The van der Waals surface area contributed by atoms with Crippen molar-refractivity contribution in [3.05, 3.63) is 120 Å². The quantitative estimate of drug-likeness (QED) is 0.353. The number of nitrogens with zero attached hydrogens (tertiary/aromatic N) is 1. The summed E-state index contributed by atoms with van der Waals surface area (Å²) in [6.07, 6.45) is 0. The molecule has 0 saturated heterocycles. The Kier molecular flexibility index (Phi) is 7.33. The molecule has 0 spiro atoms. The Morgan fingerprint density at radius 3 is 2.18 bits per heavy atom. The van der Waals surface area contributed by atoms with Gasteiger partial charge in [0.25, 0.3) is 10.0 Å². The van der Waals surface area contributed by atoms with Crippen molar-refractivity contribution in [2.45, 2.75) is 17.9 Å². The van der Waals surface area contributed by atoms with Crippen molar-refractivity contribution in [2.24, 2.45) is 0 Å². The Hall–Kier alpha value is -4.30. The first kappa shape index (κ1) is 25.4. The SMILES string of the molecule is Cc1cccc(C(NC(=O)CN(c2ccc3c(c2)OCCO3)S(=O)(=O)c2ccccc2)c2ccccc2)c1. The summed E-state index contributed by atoms with van der Waals surface area (Å²) < 4.78 is 39.9. The number of aryl methyl sites for hydroxylation is 1. The maximum Gasteiger partial charge on any atom is 0.264 e. The third kappa shape index (κ3) is 5.50. The van der Waals surface area contributed by atoms with Crippen molar-refractivity contribution >= 4 is 21.6 Å². The van der Waals surface area contributed by atoms with Crippen LogP contribution in [-0.2, 0) is 14.8 Å². The molecule has 1 unspecified atom stereocenters. The van der Waals surface area contributed by atoms with Crippen molar-refractivity contribution < 1.29 is 22.7 Å². The van der Waals surface area contributed by atoms with Crippen molar-refractivity contribution in [1.82, 2.24) is 5.32 Å². The van der Waals surface area contributed by atoms with Gasteiger partial charge in [0.1, 0.15) is 19.8 Å². The fourth-order valence-electron chi connectivity index (χ4n) is 4.41. The topological polar surface area (TPSA) is 84.9 Å². The van der Waals surface area contributed by atoms with E-state index >= 15 is 0 Å². The molecule has 0 fully saturated rings. The van der Waals surface area contributed by atoms with Crippen LogP contribution in [0.25, 0.3) is 0 Å². The Balaban J connectivity index is 1.50. The van der Waals surface area contributed by atoms with Gasteiger partial charge in [-0.15, -0.1) is 0 Å². The lowest BCUT2D eigenvalue weighted by Gasteiger charge is -2.27. The van der Waals surface area contributed by atoms with E-state index in [4.69, 9.17) is 9.47 Å². The first-order chi connectivity index (χ1) is 18.4. The smallest absolute Gasteiger partial charge is 0.264 e. The van der Waals surface area contributed by atoms with Gasteiger partial charge < -0.3 is 14.8 Å². The van der Waals surface area contributed by atoms with Crippen LogP contribution in [0.3, 0.4) is 0 Å². The highest BCUT2D eigenvalue weighted by Gasteiger charge is 2.29. The minimum atomic E-state index is -4.07. The van der Waals surface area contributed by atoms with E-state index in [9.17, 15) is 13.2 Å². The van der Waals surface area contributed by atoms with E-state index in [2.05, 4.69) is 5.32 Å². The minimum absolute atomic E-state index is 0.0842. The van der Waals surface area contributed by atoms with Crippen molar-refractivity contribution in [2.75, 3.05) is 24.1 Å². The van der Waals surface area contributed by atoms with Gasteiger partial charge in [-0.2, -0.15) is 0 Å². The molecular formula is C30H28N2O5S. The number of carbonyl (C=O) groups is 1. The maximum absolute atomic E-state index is 13.8. The molecule has 4 aromatic carbocycles. The molecule has 1 aliphatic rings. The molecule has 1 N–H and O–H groups in total. The fraction of sp³-hybridized carbons (Fsp3) is 0.167. The Labute approximate surface area is 222 Å². The van der Waals surface area contributed by atoms with Gasteiger partial charge in [-0.1, -0.05) is 78.4 Å². The number of fused-ring (bicyclic) bond motifs is 1. The Morgan fingerprint density at radius 1 is 0.816 bits per heavy atom. The first-order valence-corrected chi connectivity index (χ1v) is 13.7. The molecule has 38 heavy (non-hydrogen) atoms. The molecule has 1 amide bonds. The van der Waals surface area contributed by atoms with Crippen molar-refractivity contribution in [3.63, 3.8) is 0 Å². The van der Waals surface area contributed by atoms with Crippen LogP contribution >= 0.6 is 0 Å². The van der Waals surface area contributed by atoms with E-state index in [1.54, 1.807) is 36.4 Å². The lowest BCUT2D eigenvalue weighted by molar-refractivity contribution is -0.120. The number of amides is 1. The second kappa shape index (κ2) is 11.0. The maximum atomic E-state index is 13.8. The molecule has 1 aliphatic heterocycles. The highest BCUT2D eigenvalue weighted by molar-refractivity contribution is 7.92. The van der Waals surface area contributed by atoms with Gasteiger partial charge in [0.2, 0.25) is 5.91 Å². The van der Waals surface area contributed by atoms with Crippen molar-refractivity contribution in [1.29, 1.82) is 0 Å². The normalized spacial score (nSPS) is 13.4. The molecule has 0 aliphatic carbocycles. The summed E-state index contributed by atoms with van der Waals surface area (Å²) in [7, 11) is -4.07. The predicted molar refractivity (Wildman–Crippen MR) is 146 cm³/mol. The molecule has 1 heterocycles. The molecule has 4 aromatic rings. The van der Waals surface area contributed by atoms with E-state index in [-0.39, 0.29) is 4.90 Å². The van der Waals surface area contributed by atoms with Crippen LogP contribution in [-0.4, -0.2) is 34.1 Å². The number of anilines is 1. The summed E-state index contributed by atoms with van der Waals surface area (Å²) in [5, 5.41) is 3.06. The third-order valence-corrected chi connectivity index (χ3v) is 8.03. The molecule has 8 heteroatoms. The molecule has 194 valence electrons. The molecule has 7 nitrogen and oxygen atoms in total. The number of rotatable bonds is 8. The standard InChI is InChI=1S/C30H28N2O5S/c1-22-9-8-12-24(19-22)30(23-10-4-2-5-11-23)31-29(33)21-32(38(34,35)26-13-6-3-7-14-26)25-15-16-27-28(20-25)37-18-17-36-27/h2-16,19-20,30H,17-18,21H2,1H3,(H,31,33). The largest absolute Gasteiger partial charge is 0.486 e. The molecule has 0 saturated carbocycles. The van der Waals surface area contributed by atoms with Crippen LogP contribution in [0.4, 0.5) is 5.69 Å². The summed E-state index contributed by atoms with van der Waals surface area (Å²) in [5.41, 5.74) is 3.16. The number of carbonyl (C=O) groups excluding carboxylic acids is 1. The lowest BCUT2D eigenvalue weighted by Crippen LogP contribution is -2.42. The summed E-state index contributed by atoms with van der Waals surface area (Å²) in [6, 6.07) is 30.0. The number of ether oxygens (including phenoxy) is 2. The van der Waals surface area contributed by atoms with Crippen molar-refractivity contribution in [3.8, 4) is 11.5 Å². The number of hydrogen-bond acceptors (Lipinski definition) is 5. The second-order valence-corrected chi connectivity index (χ2v) is 10.8. The van der Waals surface area contributed by atoms with E-state index in [0.29, 0.717) is 30.4 Å². The highest BCUT2D eigenvalue weighted by atomic mass is 32.2. The number of nitrogens with one attached hydrogen (secondary N) is 1. The van der Waals surface area contributed by atoms with E-state index in [1.807, 2.05) is 61.5 Å². The molecule has 0 bridgehead atoms. The minimum Gasteiger partial charge on any atom is -0.486 e. The molecule has 0 radical (unpaired) electrons. The summed E-state index contributed by atoms with van der Waals surface area (Å²) in [4.78, 5) is 13.6. The van der Waals surface area contributed by atoms with E-state index in [1.165, 1.54) is 12.1 Å². The predicted octanol–water partition coefficient (Wildman–Crippen LogP) is 4.87. The zero-order valence-electron chi connectivity index (χ0n) is 20.9. The van der Waals surface area contributed by atoms with Gasteiger partial charge in [-0.3, -0.25) is 9.10 Å². The van der Waals surface area contributed by atoms with Gasteiger partial charge in [0, 0.05) is 6.07 Å². The van der Waals surface area contributed by atoms with Gasteiger partial charge in [0.15, 0.2) is 11.5 Å². The molecule has 0 aromatic heterocycles. The summed E-state index contributed by atoms with van der Waals surface area (Å²) in [6.45, 7) is 2.34. The van der Waals surface area contributed by atoms with Crippen LogP contribution in [0.5, 0.6) is 11.5 Å². The fourth-order valence-corrected chi connectivity index (χ4v) is 5.85.